The van der Waals surface area contributed by atoms with E-state index in [4.69, 9.17) is 0 Å². The van der Waals surface area contributed by atoms with Gasteiger partial charge >= 0.3 is 0 Å². The van der Waals surface area contributed by atoms with Crippen LogP contribution in [0.15, 0.2) is 35.1 Å². The number of hydrogen-bond donors (Lipinski definition) is 0. The highest BCUT2D eigenvalue weighted by atomic mass is 32.2. The summed E-state index contributed by atoms with van der Waals surface area (Å²) in [6, 6.07) is 6.68. The Hall–Kier alpha value is -0.690. The molecule has 1 unspecified atom stereocenters. The van der Waals surface area contributed by atoms with Crippen LogP contribution < -0.4 is 0 Å². The Morgan fingerprint density at radius 3 is 2.79 bits per heavy atom. The predicted molar refractivity (Wildman–Crippen MR) is 65.9 cm³/mol. The molecule has 0 saturated carbocycles. The van der Waals surface area contributed by atoms with Gasteiger partial charge in [0.1, 0.15) is 0 Å². The van der Waals surface area contributed by atoms with E-state index < -0.39 is 0 Å². The van der Waals surface area contributed by atoms with Crippen LogP contribution in [0.3, 0.4) is 0 Å². The molecule has 1 rings (SSSR count). The van der Waals surface area contributed by atoms with Gasteiger partial charge in [0.2, 0.25) is 0 Å². The number of rotatable bonds is 4. The largest absolute Gasteiger partial charge is 0.0984 e. The third kappa shape index (κ3) is 2.65. The lowest BCUT2D eigenvalue weighted by Crippen LogP contribution is -1.94. The molecule has 1 aromatic rings. The van der Waals surface area contributed by atoms with Gasteiger partial charge in [-0.2, -0.15) is 0 Å². The summed E-state index contributed by atoms with van der Waals surface area (Å²) >= 11 is 1.72. The monoisotopic (exact) mass is 206 g/mol. The fourth-order valence-electron chi connectivity index (χ4n) is 1.46. The van der Waals surface area contributed by atoms with Gasteiger partial charge in [-0.1, -0.05) is 44.3 Å². The normalized spacial score (nSPS) is 12.5. The van der Waals surface area contributed by atoms with Crippen molar-refractivity contribution in [1.82, 2.24) is 0 Å². The van der Waals surface area contributed by atoms with Crippen molar-refractivity contribution in [3.8, 4) is 0 Å². The lowest BCUT2D eigenvalue weighted by Gasteiger charge is -2.14. The van der Waals surface area contributed by atoms with E-state index in [0.29, 0.717) is 5.92 Å². The van der Waals surface area contributed by atoms with Crippen molar-refractivity contribution in [2.75, 3.05) is 0 Å². The van der Waals surface area contributed by atoms with Gasteiger partial charge < -0.3 is 0 Å². The molecule has 14 heavy (non-hydrogen) atoms. The summed E-state index contributed by atoms with van der Waals surface area (Å²) in [5, 5.41) is 1.90. The van der Waals surface area contributed by atoms with Gasteiger partial charge in [0.25, 0.3) is 0 Å². The second kappa shape index (κ2) is 5.26. The Morgan fingerprint density at radius 2 is 2.21 bits per heavy atom. The molecular formula is C13H18S. The van der Waals surface area contributed by atoms with Crippen LogP contribution in [0.5, 0.6) is 0 Å². The summed E-state index contributed by atoms with van der Waals surface area (Å²) in [6.45, 7) is 10.4. The first-order valence-corrected chi connectivity index (χ1v) is 5.95. The van der Waals surface area contributed by atoms with Gasteiger partial charge in [-0.3, -0.25) is 0 Å². The lowest BCUT2D eigenvalue weighted by molar-refractivity contribution is 0.719. The second-order valence-corrected chi connectivity index (χ2v) is 4.64. The Balaban J connectivity index is 3.07. The summed E-state index contributed by atoms with van der Waals surface area (Å²) in [5.41, 5.74) is 2.77. The van der Waals surface area contributed by atoms with Crippen molar-refractivity contribution < 1.29 is 0 Å². The first-order chi connectivity index (χ1) is 6.69. The Labute approximate surface area is 91.4 Å². The minimum Gasteiger partial charge on any atom is -0.0984 e. The molecule has 0 radical (unpaired) electrons. The molecule has 0 amide bonds. The first-order valence-electron chi connectivity index (χ1n) is 5.07. The van der Waals surface area contributed by atoms with Gasteiger partial charge in [0, 0.05) is 4.90 Å². The van der Waals surface area contributed by atoms with Crippen LogP contribution in [0, 0.1) is 6.92 Å². The third-order valence-corrected chi connectivity index (χ3v) is 3.30. The van der Waals surface area contributed by atoms with Crippen molar-refractivity contribution in [2.24, 2.45) is 0 Å². The molecular weight excluding hydrogens is 188 g/mol. The highest BCUT2D eigenvalue weighted by Gasteiger charge is 2.08. The first kappa shape index (κ1) is 11.4. The summed E-state index contributed by atoms with van der Waals surface area (Å²) in [5.74, 6) is 0.637. The molecule has 0 saturated heterocycles. The second-order valence-electron chi connectivity index (χ2n) is 3.64. The van der Waals surface area contributed by atoms with Gasteiger partial charge in [-0.25, -0.2) is 0 Å². The molecule has 1 atom stereocenters. The standard InChI is InChI=1S/C13H18S/c1-5-11(4)12-8-7-10(3)9-13(12)14-6-2/h6-9,11H,2,5H2,1,3-4H3. The fraction of sp³-hybridized carbons (Fsp3) is 0.385. The van der Waals surface area contributed by atoms with Gasteiger partial charge in [-0.15, -0.1) is 0 Å². The van der Waals surface area contributed by atoms with Gasteiger partial charge in [0.05, 0.1) is 0 Å². The number of benzene rings is 1. The molecule has 0 bridgehead atoms. The highest BCUT2D eigenvalue weighted by Crippen LogP contribution is 2.31. The summed E-state index contributed by atoms with van der Waals surface area (Å²) in [4.78, 5) is 1.36. The minimum atomic E-state index is 0.637. The Morgan fingerprint density at radius 1 is 1.50 bits per heavy atom. The Kier molecular flexibility index (Phi) is 4.27. The fourth-order valence-corrected chi connectivity index (χ4v) is 2.30. The molecule has 76 valence electrons. The van der Waals surface area contributed by atoms with Crippen molar-refractivity contribution >= 4 is 11.8 Å². The van der Waals surface area contributed by atoms with Crippen LogP contribution in [-0.2, 0) is 0 Å². The summed E-state index contributed by atoms with van der Waals surface area (Å²) in [7, 11) is 0. The topological polar surface area (TPSA) is 0 Å². The van der Waals surface area contributed by atoms with Crippen LogP contribution in [0.2, 0.25) is 0 Å². The van der Waals surface area contributed by atoms with E-state index in [1.54, 1.807) is 11.8 Å². The van der Waals surface area contributed by atoms with E-state index in [2.05, 4.69) is 45.5 Å². The zero-order valence-electron chi connectivity index (χ0n) is 9.21. The smallest absolute Gasteiger partial charge is 0.0153 e. The molecule has 1 heteroatoms. The average molecular weight is 206 g/mol. The van der Waals surface area contributed by atoms with Crippen LogP contribution in [0.4, 0.5) is 0 Å². The summed E-state index contributed by atoms with van der Waals surface area (Å²) < 4.78 is 0. The molecule has 0 aliphatic rings. The molecule has 0 fully saturated rings. The number of thioether (sulfide) groups is 1. The number of aryl methyl sites for hydroxylation is 1. The van der Waals surface area contributed by atoms with Crippen LogP contribution in [-0.4, -0.2) is 0 Å². The maximum Gasteiger partial charge on any atom is 0.0153 e. The maximum absolute atomic E-state index is 3.77. The molecule has 0 aliphatic heterocycles. The zero-order valence-corrected chi connectivity index (χ0v) is 10.0. The Bertz CT molecular complexity index is 315. The van der Waals surface area contributed by atoms with Crippen molar-refractivity contribution in [1.29, 1.82) is 0 Å². The quantitative estimate of drug-likeness (QED) is 0.641. The minimum absolute atomic E-state index is 0.637. The molecule has 0 aliphatic carbocycles. The van der Waals surface area contributed by atoms with Gasteiger partial charge in [0.15, 0.2) is 0 Å². The van der Waals surface area contributed by atoms with E-state index in [9.17, 15) is 0 Å². The van der Waals surface area contributed by atoms with Crippen molar-refractivity contribution in [3.05, 3.63) is 41.3 Å². The molecule has 0 nitrogen and oxygen atoms in total. The number of hydrogen-bond acceptors (Lipinski definition) is 1. The third-order valence-electron chi connectivity index (χ3n) is 2.52. The maximum atomic E-state index is 3.77. The van der Waals surface area contributed by atoms with Crippen LogP contribution >= 0.6 is 11.8 Å². The SMILES string of the molecule is C=CSc1cc(C)ccc1C(C)CC. The van der Waals surface area contributed by atoms with Crippen LogP contribution in [0.25, 0.3) is 0 Å². The molecule has 0 aromatic heterocycles. The molecule has 0 N–H and O–H groups in total. The lowest BCUT2D eigenvalue weighted by atomic mass is 9.98. The molecule has 0 spiro atoms. The summed E-state index contributed by atoms with van der Waals surface area (Å²) in [6.07, 6.45) is 1.19. The van der Waals surface area contributed by atoms with E-state index in [1.807, 2.05) is 5.41 Å². The van der Waals surface area contributed by atoms with Gasteiger partial charge in [-0.05, 0) is 41.9 Å². The average Bonchev–Trinajstić information content (AvgIpc) is 2.17. The van der Waals surface area contributed by atoms with E-state index >= 15 is 0 Å². The van der Waals surface area contributed by atoms with E-state index in [0.717, 1.165) is 0 Å². The van der Waals surface area contributed by atoms with Crippen LogP contribution in [0.1, 0.15) is 37.3 Å². The van der Waals surface area contributed by atoms with Crippen molar-refractivity contribution in [2.45, 2.75) is 38.0 Å². The van der Waals surface area contributed by atoms with Crippen molar-refractivity contribution in [3.63, 3.8) is 0 Å². The highest BCUT2D eigenvalue weighted by molar-refractivity contribution is 8.02. The zero-order chi connectivity index (χ0) is 10.6. The van der Waals surface area contributed by atoms with E-state index in [-0.39, 0.29) is 0 Å². The predicted octanol–water partition coefficient (Wildman–Crippen LogP) is 4.74. The van der Waals surface area contributed by atoms with E-state index in [1.165, 1.54) is 22.4 Å². The molecule has 1 aromatic carbocycles. The molecule has 0 heterocycles.